The maximum atomic E-state index is 6.25. The molecule has 2 aromatic heterocycles. The highest BCUT2D eigenvalue weighted by Crippen LogP contribution is 2.38. The summed E-state index contributed by atoms with van der Waals surface area (Å²) in [5.41, 5.74) is 1.96. The highest BCUT2D eigenvalue weighted by Gasteiger charge is 2.27. The minimum atomic E-state index is 0.0581. The first-order chi connectivity index (χ1) is 13.2. The zero-order valence-corrected chi connectivity index (χ0v) is 16.1. The van der Waals surface area contributed by atoms with E-state index >= 15 is 0 Å². The molecule has 4 rings (SSSR count). The van der Waals surface area contributed by atoms with Gasteiger partial charge in [0.15, 0.2) is 0 Å². The van der Waals surface area contributed by atoms with Crippen molar-refractivity contribution in [3.63, 3.8) is 0 Å². The van der Waals surface area contributed by atoms with Crippen LogP contribution in [-0.4, -0.2) is 22.2 Å². The van der Waals surface area contributed by atoms with Crippen molar-refractivity contribution in [2.45, 2.75) is 38.0 Å². The molecule has 3 aromatic rings. The van der Waals surface area contributed by atoms with Gasteiger partial charge in [-0.3, -0.25) is 0 Å². The molecule has 27 heavy (non-hydrogen) atoms. The fraction of sp³-hybridized carbons (Fsp3) is 0.381. The van der Waals surface area contributed by atoms with Gasteiger partial charge in [-0.25, -0.2) is 4.98 Å². The molecule has 6 heteroatoms. The van der Waals surface area contributed by atoms with E-state index in [1.807, 2.05) is 37.4 Å². The van der Waals surface area contributed by atoms with Gasteiger partial charge in [0.25, 0.3) is 0 Å². The molecule has 1 atom stereocenters. The normalized spacial score (nSPS) is 15.8. The van der Waals surface area contributed by atoms with Gasteiger partial charge in [-0.05, 0) is 42.2 Å². The minimum absolute atomic E-state index is 0.0581. The number of nitrogens with zero attached hydrogens (tertiary/aromatic N) is 3. The molecular weight excluding hydrogens is 360 g/mol. The fourth-order valence-corrected chi connectivity index (χ4v) is 4.15. The molecule has 1 N–H and O–H groups in total. The molecule has 1 unspecified atom stereocenters. The number of hydrogen-bond acceptors (Lipinski definition) is 5. The zero-order valence-electron chi connectivity index (χ0n) is 15.4. The average Bonchev–Trinajstić information content (AvgIpc) is 3.38. The molecule has 2 heterocycles. The van der Waals surface area contributed by atoms with Crippen molar-refractivity contribution >= 4 is 17.4 Å². The summed E-state index contributed by atoms with van der Waals surface area (Å²) in [5.74, 6) is 2.68. The van der Waals surface area contributed by atoms with Crippen LogP contribution >= 0.6 is 11.6 Å². The van der Waals surface area contributed by atoms with E-state index in [1.54, 1.807) is 6.20 Å². The molecule has 0 bridgehead atoms. The molecule has 0 saturated heterocycles. The third-order valence-electron chi connectivity index (χ3n) is 5.32. The quantitative estimate of drug-likeness (QED) is 0.606. The van der Waals surface area contributed by atoms with Gasteiger partial charge in [0.05, 0.1) is 11.5 Å². The van der Waals surface area contributed by atoms with Gasteiger partial charge >= 0.3 is 0 Å². The van der Waals surface area contributed by atoms with Crippen molar-refractivity contribution < 1.29 is 4.52 Å². The summed E-state index contributed by atoms with van der Waals surface area (Å²) in [7, 11) is 1.84. The number of nitrogens with one attached hydrogen (secondary N) is 1. The first-order valence-electron chi connectivity index (χ1n) is 9.47. The van der Waals surface area contributed by atoms with E-state index in [1.165, 1.54) is 25.7 Å². The third kappa shape index (κ3) is 3.98. The number of anilines is 1. The van der Waals surface area contributed by atoms with Crippen molar-refractivity contribution in [2.75, 3.05) is 12.4 Å². The van der Waals surface area contributed by atoms with Crippen LogP contribution in [0, 0.1) is 5.92 Å². The van der Waals surface area contributed by atoms with Crippen molar-refractivity contribution in [1.29, 1.82) is 0 Å². The van der Waals surface area contributed by atoms with Gasteiger partial charge in [-0.15, -0.1) is 0 Å². The van der Waals surface area contributed by atoms with Crippen LogP contribution in [0.5, 0.6) is 0 Å². The van der Waals surface area contributed by atoms with Crippen molar-refractivity contribution in [2.24, 2.45) is 5.92 Å². The molecule has 0 spiro atoms. The summed E-state index contributed by atoms with van der Waals surface area (Å²) < 4.78 is 5.73. The number of pyridine rings is 1. The van der Waals surface area contributed by atoms with Gasteiger partial charge in [0, 0.05) is 18.3 Å². The van der Waals surface area contributed by atoms with Crippen LogP contribution in [0.25, 0.3) is 11.4 Å². The maximum Gasteiger partial charge on any atom is 0.234 e. The van der Waals surface area contributed by atoms with E-state index in [2.05, 4.69) is 21.5 Å². The van der Waals surface area contributed by atoms with Crippen molar-refractivity contribution in [3.05, 3.63) is 59.1 Å². The Balaban J connectivity index is 1.69. The number of halogens is 1. The molecule has 0 aliphatic heterocycles. The molecule has 1 saturated carbocycles. The molecule has 1 aromatic carbocycles. The smallest absolute Gasteiger partial charge is 0.234 e. The summed E-state index contributed by atoms with van der Waals surface area (Å²) >= 11 is 6.25. The predicted molar refractivity (Wildman–Crippen MR) is 107 cm³/mol. The first kappa shape index (κ1) is 18.0. The van der Waals surface area contributed by atoms with E-state index in [9.17, 15) is 0 Å². The standard InChI is InChI=1S/C21H23ClN4O/c1-23-19-17(10-5-11-24-19)20-25-21(27-26-20)18(12-14-6-2-3-7-14)15-8-4-9-16(22)13-15/h4-5,8-11,13-14,18H,2-3,6-7,12H2,1H3,(H,23,24). The number of rotatable bonds is 6. The Morgan fingerprint density at radius 2 is 2.07 bits per heavy atom. The summed E-state index contributed by atoms with van der Waals surface area (Å²) in [6.07, 6.45) is 7.90. The monoisotopic (exact) mass is 382 g/mol. The largest absolute Gasteiger partial charge is 0.373 e. The lowest BCUT2D eigenvalue weighted by Gasteiger charge is -2.18. The number of benzene rings is 1. The van der Waals surface area contributed by atoms with Crippen molar-refractivity contribution in [3.8, 4) is 11.4 Å². The van der Waals surface area contributed by atoms with Gasteiger partial charge in [-0.1, -0.05) is 54.6 Å². The maximum absolute atomic E-state index is 6.25. The lowest BCUT2D eigenvalue weighted by molar-refractivity contribution is 0.341. The molecular formula is C21H23ClN4O. The Kier molecular flexibility index (Phi) is 5.39. The van der Waals surface area contributed by atoms with Crippen LogP contribution in [0.2, 0.25) is 5.02 Å². The third-order valence-corrected chi connectivity index (χ3v) is 5.56. The van der Waals surface area contributed by atoms with Gasteiger partial charge in [-0.2, -0.15) is 4.98 Å². The van der Waals surface area contributed by atoms with Crippen LogP contribution in [0.15, 0.2) is 47.1 Å². The van der Waals surface area contributed by atoms with E-state index in [4.69, 9.17) is 21.1 Å². The first-order valence-corrected chi connectivity index (χ1v) is 9.84. The molecule has 140 valence electrons. The van der Waals surface area contributed by atoms with Crippen LogP contribution in [-0.2, 0) is 0 Å². The lowest BCUT2D eigenvalue weighted by Crippen LogP contribution is -2.07. The van der Waals surface area contributed by atoms with E-state index in [-0.39, 0.29) is 5.92 Å². The SMILES string of the molecule is CNc1ncccc1-c1noc(C(CC2CCCC2)c2cccc(Cl)c2)n1. The molecule has 0 radical (unpaired) electrons. The highest BCUT2D eigenvalue weighted by atomic mass is 35.5. The zero-order chi connectivity index (χ0) is 18.6. The summed E-state index contributed by atoms with van der Waals surface area (Å²) in [4.78, 5) is 9.07. The van der Waals surface area contributed by atoms with E-state index < -0.39 is 0 Å². The summed E-state index contributed by atoms with van der Waals surface area (Å²) in [6, 6.07) is 11.8. The van der Waals surface area contributed by atoms with Gasteiger partial charge in [0.2, 0.25) is 11.7 Å². The Bertz CT molecular complexity index is 904. The number of aromatic nitrogens is 3. The van der Waals surface area contributed by atoms with Gasteiger partial charge in [0.1, 0.15) is 5.82 Å². The second-order valence-corrected chi connectivity index (χ2v) is 7.54. The Morgan fingerprint density at radius 1 is 1.22 bits per heavy atom. The van der Waals surface area contributed by atoms with Crippen LogP contribution in [0.3, 0.4) is 0 Å². The fourth-order valence-electron chi connectivity index (χ4n) is 3.95. The molecule has 1 fully saturated rings. The Labute approximate surface area is 164 Å². The minimum Gasteiger partial charge on any atom is -0.373 e. The Morgan fingerprint density at radius 3 is 2.85 bits per heavy atom. The van der Waals surface area contributed by atoms with Crippen LogP contribution < -0.4 is 5.32 Å². The topological polar surface area (TPSA) is 63.8 Å². The molecule has 1 aliphatic carbocycles. The Hall–Kier alpha value is -2.40. The van der Waals surface area contributed by atoms with Crippen LogP contribution in [0.4, 0.5) is 5.82 Å². The molecule has 1 aliphatic rings. The van der Waals surface area contributed by atoms with Gasteiger partial charge < -0.3 is 9.84 Å². The van der Waals surface area contributed by atoms with Crippen molar-refractivity contribution in [1.82, 2.24) is 15.1 Å². The molecule has 5 nitrogen and oxygen atoms in total. The second kappa shape index (κ2) is 8.09. The summed E-state index contributed by atoms with van der Waals surface area (Å²) in [5, 5.41) is 8.05. The average molecular weight is 383 g/mol. The lowest BCUT2D eigenvalue weighted by atomic mass is 9.88. The number of hydrogen-bond donors (Lipinski definition) is 1. The summed E-state index contributed by atoms with van der Waals surface area (Å²) in [6.45, 7) is 0. The van der Waals surface area contributed by atoms with E-state index in [0.717, 1.165) is 28.4 Å². The van der Waals surface area contributed by atoms with Crippen LogP contribution in [0.1, 0.15) is 49.5 Å². The van der Waals surface area contributed by atoms with E-state index in [0.29, 0.717) is 17.6 Å². The highest BCUT2D eigenvalue weighted by molar-refractivity contribution is 6.30. The predicted octanol–water partition coefficient (Wildman–Crippen LogP) is 5.54. The molecule has 0 amide bonds. The second-order valence-electron chi connectivity index (χ2n) is 7.10.